The summed E-state index contributed by atoms with van der Waals surface area (Å²) < 4.78 is 54.8. The van der Waals surface area contributed by atoms with E-state index in [9.17, 15) is 9.18 Å². The highest BCUT2D eigenvalue weighted by atomic mass is 19.1. The number of esters is 1. The van der Waals surface area contributed by atoms with Crippen molar-refractivity contribution in [3.05, 3.63) is 78.1 Å². The Labute approximate surface area is 294 Å². The highest BCUT2D eigenvalue weighted by Crippen LogP contribution is 2.40. The molecule has 4 fully saturated rings. The number of rotatable bonds is 19. The highest BCUT2D eigenvalue weighted by Gasteiger charge is 2.44. The van der Waals surface area contributed by atoms with E-state index < -0.39 is 11.8 Å². The quantitative estimate of drug-likeness (QED) is 0.0539. The van der Waals surface area contributed by atoms with Gasteiger partial charge < -0.3 is 33.2 Å². The second-order valence-corrected chi connectivity index (χ2v) is 14.1. The smallest absolute Gasteiger partial charge is 0.346 e. The van der Waals surface area contributed by atoms with Crippen LogP contribution in [0.3, 0.4) is 0 Å². The molecule has 0 spiro atoms. The van der Waals surface area contributed by atoms with E-state index in [1.54, 1.807) is 18.2 Å². The maximum absolute atomic E-state index is 14.8. The highest BCUT2D eigenvalue weighted by molar-refractivity contribution is 5.91. The molecule has 0 N–H and O–H groups in total. The summed E-state index contributed by atoms with van der Waals surface area (Å²) >= 11 is 0. The SMILES string of the molecule is O=C(Oc1ccc(-c2ccc(OCCCCOCC3CCC4OC4C3)cc2)cc1)c1ccc(OCCCCOCC2CCC3OC3C2)cc1F. The number of epoxide rings is 2. The van der Waals surface area contributed by atoms with Gasteiger partial charge in [-0.05, 0) is 124 Å². The van der Waals surface area contributed by atoms with Crippen LogP contribution in [0.4, 0.5) is 4.39 Å². The van der Waals surface area contributed by atoms with E-state index in [0.29, 0.717) is 67.6 Å². The Hall–Kier alpha value is -3.50. The van der Waals surface area contributed by atoms with Crippen molar-refractivity contribution in [2.75, 3.05) is 39.6 Å². The first kappa shape index (κ1) is 34.9. The standard InChI is InChI=1S/C41H49FO8/c42-36-25-34(47-22-4-2-20-45-27-29-6-18-38-40(24-29)50-38)15-16-35(36)41(43)48-33-13-9-31(10-14-33)30-7-11-32(12-8-30)46-21-3-1-19-44-26-28-5-17-37-39(23-28)49-37/h7-16,25,28-29,37-40H,1-6,17-24,26-27H2. The number of carbonyl (C=O) groups is 1. The Morgan fingerprint density at radius 2 is 1.10 bits per heavy atom. The summed E-state index contributed by atoms with van der Waals surface area (Å²) in [4.78, 5) is 12.7. The van der Waals surface area contributed by atoms with Gasteiger partial charge in [-0.1, -0.05) is 24.3 Å². The monoisotopic (exact) mass is 688 g/mol. The molecule has 6 unspecified atom stereocenters. The molecule has 0 aromatic heterocycles. The molecule has 0 bridgehead atoms. The lowest BCUT2D eigenvalue weighted by Gasteiger charge is -2.18. The van der Waals surface area contributed by atoms with E-state index in [1.807, 2.05) is 36.4 Å². The average Bonchev–Trinajstić information content (AvgIpc) is 4.07. The average molecular weight is 689 g/mol. The largest absolute Gasteiger partial charge is 0.494 e. The molecule has 2 aliphatic heterocycles. The van der Waals surface area contributed by atoms with Crippen molar-refractivity contribution in [3.8, 4) is 28.4 Å². The normalized spacial score (nSPS) is 24.9. The molecule has 7 rings (SSSR count). The molecule has 2 saturated heterocycles. The van der Waals surface area contributed by atoms with Crippen molar-refractivity contribution in [1.82, 2.24) is 0 Å². The Morgan fingerprint density at radius 1 is 0.600 bits per heavy atom. The van der Waals surface area contributed by atoms with Crippen molar-refractivity contribution in [1.29, 1.82) is 0 Å². The number of halogens is 1. The van der Waals surface area contributed by atoms with Gasteiger partial charge >= 0.3 is 5.97 Å². The minimum atomic E-state index is -0.760. The number of carbonyl (C=O) groups excluding carboxylic acids is 1. The first-order valence-corrected chi connectivity index (χ1v) is 18.5. The van der Waals surface area contributed by atoms with Crippen LogP contribution in [-0.2, 0) is 18.9 Å². The predicted octanol–water partition coefficient (Wildman–Crippen LogP) is 8.20. The molecule has 2 saturated carbocycles. The van der Waals surface area contributed by atoms with Gasteiger partial charge in [0.1, 0.15) is 23.1 Å². The van der Waals surface area contributed by atoms with Gasteiger partial charge in [-0.25, -0.2) is 9.18 Å². The predicted molar refractivity (Wildman–Crippen MR) is 186 cm³/mol. The van der Waals surface area contributed by atoms with Crippen LogP contribution in [0.25, 0.3) is 11.1 Å². The number of hydrogen-bond donors (Lipinski definition) is 0. The van der Waals surface area contributed by atoms with Gasteiger partial charge in [0.25, 0.3) is 0 Å². The summed E-state index contributed by atoms with van der Waals surface area (Å²) in [5.41, 5.74) is 1.83. The maximum Gasteiger partial charge on any atom is 0.346 e. The molecule has 3 aromatic carbocycles. The molecule has 0 amide bonds. The van der Waals surface area contributed by atoms with E-state index in [1.165, 1.54) is 31.4 Å². The van der Waals surface area contributed by atoms with E-state index in [4.69, 9.17) is 33.2 Å². The molecule has 0 radical (unpaired) electrons. The van der Waals surface area contributed by atoms with Crippen LogP contribution >= 0.6 is 0 Å². The Bertz CT molecular complexity index is 1530. The molecular weight excluding hydrogens is 639 g/mol. The number of unbranched alkanes of at least 4 members (excludes halogenated alkanes) is 2. The maximum atomic E-state index is 14.8. The van der Waals surface area contributed by atoms with Crippen LogP contribution in [0.5, 0.6) is 17.2 Å². The van der Waals surface area contributed by atoms with Gasteiger partial charge in [0.15, 0.2) is 0 Å². The van der Waals surface area contributed by atoms with Gasteiger partial charge in [0, 0.05) is 32.5 Å². The first-order chi connectivity index (χ1) is 24.6. The minimum Gasteiger partial charge on any atom is -0.494 e. The van der Waals surface area contributed by atoms with Gasteiger partial charge in [0.2, 0.25) is 0 Å². The Balaban J connectivity index is 0.760. The molecule has 268 valence electrons. The van der Waals surface area contributed by atoms with E-state index in [0.717, 1.165) is 81.6 Å². The number of hydrogen-bond acceptors (Lipinski definition) is 8. The van der Waals surface area contributed by atoms with E-state index in [2.05, 4.69) is 0 Å². The van der Waals surface area contributed by atoms with Gasteiger partial charge in [-0.15, -0.1) is 0 Å². The van der Waals surface area contributed by atoms with Crippen molar-refractivity contribution >= 4 is 5.97 Å². The number of ether oxygens (including phenoxy) is 7. The lowest BCUT2D eigenvalue weighted by atomic mass is 9.90. The zero-order chi connectivity index (χ0) is 34.1. The molecule has 4 aliphatic rings. The van der Waals surface area contributed by atoms with Crippen LogP contribution in [0.2, 0.25) is 0 Å². The fourth-order valence-corrected chi connectivity index (χ4v) is 7.14. The number of fused-ring (bicyclic) bond motifs is 2. The zero-order valence-electron chi connectivity index (χ0n) is 28.8. The van der Waals surface area contributed by atoms with Crippen LogP contribution in [-0.4, -0.2) is 70.0 Å². The van der Waals surface area contributed by atoms with Crippen LogP contribution < -0.4 is 14.2 Å². The fourth-order valence-electron chi connectivity index (χ4n) is 7.14. The summed E-state index contributed by atoms with van der Waals surface area (Å²) in [5.74, 6) is 1.35. The third kappa shape index (κ3) is 10.1. The van der Waals surface area contributed by atoms with Crippen molar-refractivity contribution in [3.63, 3.8) is 0 Å². The molecule has 2 heterocycles. The summed E-state index contributed by atoms with van der Waals surface area (Å²) in [5, 5.41) is 0. The van der Waals surface area contributed by atoms with E-state index >= 15 is 0 Å². The third-order valence-corrected chi connectivity index (χ3v) is 10.2. The Kier molecular flexibility index (Phi) is 12.0. The molecule has 9 heteroatoms. The molecule has 50 heavy (non-hydrogen) atoms. The second-order valence-electron chi connectivity index (χ2n) is 14.1. The lowest BCUT2D eigenvalue weighted by Crippen LogP contribution is -2.18. The van der Waals surface area contributed by atoms with Crippen molar-refractivity contribution < 1.29 is 42.3 Å². The third-order valence-electron chi connectivity index (χ3n) is 10.2. The van der Waals surface area contributed by atoms with Gasteiger partial charge in [-0.2, -0.15) is 0 Å². The van der Waals surface area contributed by atoms with E-state index in [-0.39, 0.29) is 5.56 Å². The topological polar surface area (TPSA) is 88.3 Å². The molecule has 3 aromatic rings. The van der Waals surface area contributed by atoms with Gasteiger partial charge in [0.05, 0.1) is 43.2 Å². The molecule has 2 aliphatic carbocycles. The van der Waals surface area contributed by atoms with Crippen LogP contribution in [0.1, 0.15) is 74.6 Å². The fraction of sp³-hybridized carbons (Fsp3) is 0.537. The minimum absolute atomic E-state index is 0.144. The molecule has 8 nitrogen and oxygen atoms in total. The summed E-state index contributed by atoms with van der Waals surface area (Å²) in [6.07, 6.45) is 12.7. The van der Waals surface area contributed by atoms with Gasteiger partial charge in [-0.3, -0.25) is 0 Å². The molecular formula is C41H49FO8. The first-order valence-electron chi connectivity index (χ1n) is 18.5. The van der Waals surface area contributed by atoms with Crippen LogP contribution in [0.15, 0.2) is 66.7 Å². The number of benzene rings is 3. The zero-order valence-corrected chi connectivity index (χ0v) is 28.8. The lowest BCUT2D eigenvalue weighted by molar-refractivity contribution is 0.0729. The van der Waals surface area contributed by atoms with Crippen molar-refractivity contribution in [2.45, 2.75) is 88.6 Å². The van der Waals surface area contributed by atoms with Crippen molar-refractivity contribution in [2.24, 2.45) is 11.8 Å². The Morgan fingerprint density at radius 3 is 1.64 bits per heavy atom. The summed E-state index contributed by atoms with van der Waals surface area (Å²) in [7, 11) is 0. The second kappa shape index (κ2) is 17.1. The summed E-state index contributed by atoms with van der Waals surface area (Å²) in [6.45, 7) is 4.18. The molecule has 6 atom stereocenters. The summed E-state index contributed by atoms with van der Waals surface area (Å²) in [6, 6.07) is 19.3. The van der Waals surface area contributed by atoms with Crippen LogP contribution in [0, 0.1) is 17.7 Å².